The Kier molecular flexibility index (Phi) is 2.37. The average Bonchev–Trinajstić information content (AvgIpc) is 2.15. The van der Waals surface area contributed by atoms with E-state index in [1.807, 2.05) is 0 Å². The summed E-state index contributed by atoms with van der Waals surface area (Å²) in [5, 5.41) is 10.0. The van der Waals surface area contributed by atoms with Gasteiger partial charge in [0.25, 0.3) is 0 Å². The highest BCUT2D eigenvalue weighted by atomic mass is 79.9. The van der Waals surface area contributed by atoms with E-state index in [1.54, 1.807) is 0 Å². The van der Waals surface area contributed by atoms with E-state index in [-0.39, 0.29) is 16.3 Å². The molecule has 0 bridgehead atoms. The zero-order valence-electron chi connectivity index (χ0n) is 5.29. The van der Waals surface area contributed by atoms with Gasteiger partial charge in [0.15, 0.2) is 0 Å². The quantitative estimate of drug-likeness (QED) is 0.383. The number of hydrogen-bond donors (Lipinski definition) is 0. The van der Waals surface area contributed by atoms with Crippen molar-refractivity contribution in [1.29, 1.82) is 0 Å². The van der Waals surface area contributed by atoms with Crippen LogP contribution in [0.25, 0.3) is 0 Å². The first-order valence-electron chi connectivity index (χ1n) is 2.99. The molecule has 0 aliphatic carbocycles. The number of nitrogens with zero attached hydrogens (tertiary/aromatic N) is 2. The summed E-state index contributed by atoms with van der Waals surface area (Å²) in [6, 6.07) is 0. The summed E-state index contributed by atoms with van der Waals surface area (Å²) in [6.07, 6.45) is 0.892. The molecule has 0 amide bonds. The zero-order chi connectivity index (χ0) is 7.56. The van der Waals surface area contributed by atoms with Gasteiger partial charge in [-0.1, -0.05) is 15.9 Å². The molecule has 1 rings (SSSR count). The SMILES string of the molecule is O=[N+]([O-])CC1=NCCC1Br. The summed E-state index contributed by atoms with van der Waals surface area (Å²) >= 11 is 3.30. The minimum absolute atomic E-state index is 0.115. The van der Waals surface area contributed by atoms with Crippen molar-refractivity contribution >= 4 is 21.6 Å². The van der Waals surface area contributed by atoms with Gasteiger partial charge in [-0.2, -0.15) is 0 Å². The normalized spacial score (nSPS) is 24.5. The third-order valence-electron chi connectivity index (χ3n) is 1.35. The molecule has 5 heteroatoms. The first kappa shape index (κ1) is 7.65. The molecular formula is C5H7BrN2O2. The van der Waals surface area contributed by atoms with Crippen molar-refractivity contribution in [2.45, 2.75) is 11.2 Å². The van der Waals surface area contributed by atoms with E-state index < -0.39 is 0 Å². The van der Waals surface area contributed by atoms with Gasteiger partial charge in [0.1, 0.15) is 0 Å². The van der Waals surface area contributed by atoms with Crippen molar-refractivity contribution in [3.05, 3.63) is 10.1 Å². The highest BCUT2D eigenvalue weighted by Crippen LogP contribution is 2.14. The number of alkyl halides is 1. The van der Waals surface area contributed by atoms with Gasteiger partial charge in [-0.3, -0.25) is 15.1 Å². The maximum atomic E-state index is 10.0. The molecule has 0 aromatic rings. The van der Waals surface area contributed by atoms with Crippen LogP contribution in [-0.2, 0) is 0 Å². The Balaban J connectivity index is 2.47. The summed E-state index contributed by atoms with van der Waals surface area (Å²) in [6.45, 7) is 0.606. The first-order valence-corrected chi connectivity index (χ1v) is 3.91. The second kappa shape index (κ2) is 3.09. The van der Waals surface area contributed by atoms with Crippen LogP contribution in [0.1, 0.15) is 6.42 Å². The van der Waals surface area contributed by atoms with Gasteiger partial charge in [0.2, 0.25) is 6.54 Å². The zero-order valence-corrected chi connectivity index (χ0v) is 6.87. The molecule has 1 unspecified atom stereocenters. The Hall–Kier alpha value is -0.450. The predicted octanol–water partition coefficient (Wildman–Crippen LogP) is 0.871. The lowest BCUT2D eigenvalue weighted by Crippen LogP contribution is -2.19. The molecule has 0 saturated heterocycles. The van der Waals surface area contributed by atoms with Crippen LogP contribution >= 0.6 is 15.9 Å². The molecule has 10 heavy (non-hydrogen) atoms. The van der Waals surface area contributed by atoms with Crippen LogP contribution in [0.15, 0.2) is 4.99 Å². The molecule has 0 radical (unpaired) electrons. The Morgan fingerprint density at radius 2 is 2.60 bits per heavy atom. The lowest BCUT2D eigenvalue weighted by Gasteiger charge is -1.97. The largest absolute Gasteiger partial charge is 0.286 e. The molecule has 0 aromatic carbocycles. The second-order valence-electron chi connectivity index (χ2n) is 2.12. The van der Waals surface area contributed by atoms with Gasteiger partial charge < -0.3 is 0 Å². The molecule has 1 aliphatic rings. The van der Waals surface area contributed by atoms with Crippen LogP contribution in [-0.4, -0.2) is 28.6 Å². The van der Waals surface area contributed by atoms with Gasteiger partial charge in [0, 0.05) is 11.5 Å². The summed E-state index contributed by atoms with van der Waals surface area (Å²) in [5.41, 5.74) is 0.671. The highest BCUT2D eigenvalue weighted by Gasteiger charge is 2.21. The van der Waals surface area contributed by atoms with Crippen LogP contribution in [0.2, 0.25) is 0 Å². The summed E-state index contributed by atoms with van der Waals surface area (Å²) < 4.78 is 0. The van der Waals surface area contributed by atoms with E-state index in [0.29, 0.717) is 5.71 Å². The molecule has 0 N–H and O–H groups in total. The molecule has 1 heterocycles. The number of nitro groups is 1. The molecule has 4 nitrogen and oxygen atoms in total. The summed E-state index contributed by atoms with van der Waals surface area (Å²) in [7, 11) is 0. The molecule has 1 atom stereocenters. The minimum Gasteiger partial charge on any atom is -0.286 e. The lowest BCUT2D eigenvalue weighted by molar-refractivity contribution is -0.463. The van der Waals surface area contributed by atoms with Gasteiger partial charge in [-0.15, -0.1) is 0 Å². The smallest absolute Gasteiger partial charge is 0.242 e. The van der Waals surface area contributed by atoms with Crippen molar-refractivity contribution in [3.8, 4) is 0 Å². The highest BCUT2D eigenvalue weighted by molar-refractivity contribution is 9.10. The fraction of sp³-hybridized carbons (Fsp3) is 0.800. The number of aliphatic imine (C=N–C) groups is 1. The standard InChI is InChI=1S/C5H7BrN2O2/c6-4-1-2-7-5(4)3-8(9)10/h4H,1-3H2. The summed E-state index contributed by atoms with van der Waals surface area (Å²) in [5.74, 6) is 0. The molecule has 0 fully saturated rings. The number of halogens is 1. The van der Waals surface area contributed by atoms with E-state index in [2.05, 4.69) is 20.9 Å². The van der Waals surface area contributed by atoms with Crippen molar-refractivity contribution < 1.29 is 4.92 Å². The first-order chi connectivity index (χ1) is 4.70. The predicted molar refractivity (Wildman–Crippen MR) is 41.5 cm³/mol. The molecule has 0 saturated carbocycles. The van der Waals surface area contributed by atoms with Gasteiger partial charge in [-0.05, 0) is 6.42 Å². The maximum absolute atomic E-state index is 10.0. The summed E-state index contributed by atoms with van der Waals surface area (Å²) in [4.78, 5) is 13.8. The average molecular weight is 207 g/mol. The number of hydrogen-bond acceptors (Lipinski definition) is 3. The van der Waals surface area contributed by atoms with E-state index in [4.69, 9.17) is 0 Å². The Bertz CT molecular complexity index is 180. The Labute approximate surface area is 66.6 Å². The van der Waals surface area contributed by atoms with Crippen molar-refractivity contribution in [2.75, 3.05) is 13.1 Å². The minimum atomic E-state index is -0.349. The second-order valence-corrected chi connectivity index (χ2v) is 3.23. The number of rotatable bonds is 2. The monoisotopic (exact) mass is 206 g/mol. The van der Waals surface area contributed by atoms with Crippen LogP contribution in [0.3, 0.4) is 0 Å². The topological polar surface area (TPSA) is 55.5 Å². The Morgan fingerprint density at radius 1 is 1.90 bits per heavy atom. The maximum Gasteiger partial charge on any atom is 0.242 e. The third-order valence-corrected chi connectivity index (χ3v) is 2.34. The molecule has 1 aliphatic heterocycles. The molecular weight excluding hydrogens is 200 g/mol. The van der Waals surface area contributed by atoms with Crippen molar-refractivity contribution in [1.82, 2.24) is 0 Å². The van der Waals surface area contributed by atoms with Crippen molar-refractivity contribution in [3.63, 3.8) is 0 Å². The van der Waals surface area contributed by atoms with E-state index in [1.165, 1.54) is 0 Å². The lowest BCUT2D eigenvalue weighted by atomic mass is 10.2. The van der Waals surface area contributed by atoms with Gasteiger partial charge in [0.05, 0.1) is 10.5 Å². The van der Waals surface area contributed by atoms with Gasteiger partial charge >= 0.3 is 0 Å². The van der Waals surface area contributed by atoms with Gasteiger partial charge in [-0.25, -0.2) is 0 Å². The van der Waals surface area contributed by atoms with E-state index in [9.17, 15) is 10.1 Å². The fourth-order valence-corrected chi connectivity index (χ4v) is 1.36. The van der Waals surface area contributed by atoms with Crippen molar-refractivity contribution in [2.24, 2.45) is 4.99 Å². The van der Waals surface area contributed by atoms with Crippen LogP contribution in [0.4, 0.5) is 0 Å². The fourth-order valence-electron chi connectivity index (χ4n) is 0.868. The van der Waals surface area contributed by atoms with Crippen LogP contribution in [0.5, 0.6) is 0 Å². The third kappa shape index (κ3) is 1.76. The van der Waals surface area contributed by atoms with Crippen LogP contribution in [0, 0.1) is 10.1 Å². The van der Waals surface area contributed by atoms with E-state index in [0.717, 1.165) is 13.0 Å². The molecule has 0 spiro atoms. The van der Waals surface area contributed by atoms with Crippen LogP contribution < -0.4 is 0 Å². The molecule has 56 valence electrons. The molecule has 0 aromatic heterocycles. The van der Waals surface area contributed by atoms with E-state index >= 15 is 0 Å². The Morgan fingerprint density at radius 3 is 3.00 bits per heavy atom.